The molecule has 0 aliphatic carbocycles. The fourth-order valence-corrected chi connectivity index (χ4v) is 2.52. The molecule has 5 heteroatoms. The largest absolute Gasteiger partial charge is 0.427 e. The highest BCUT2D eigenvalue weighted by Crippen LogP contribution is 2.31. The molecule has 0 unspecified atom stereocenters. The first kappa shape index (κ1) is 14.5. The summed E-state index contributed by atoms with van der Waals surface area (Å²) in [6, 6.07) is 13.0. The van der Waals surface area contributed by atoms with Crippen LogP contribution in [-0.4, -0.2) is 12.5 Å². The second-order valence-electron chi connectivity index (χ2n) is 4.94. The molecule has 1 aliphatic rings. The van der Waals surface area contributed by atoms with Crippen LogP contribution in [0.25, 0.3) is 5.70 Å². The maximum atomic E-state index is 11.0. The van der Waals surface area contributed by atoms with Gasteiger partial charge in [-0.15, -0.1) is 0 Å². The van der Waals surface area contributed by atoms with E-state index in [1.54, 1.807) is 12.1 Å². The number of rotatable bonds is 3. The summed E-state index contributed by atoms with van der Waals surface area (Å²) in [7, 11) is 0. The highest BCUT2D eigenvalue weighted by molar-refractivity contribution is 6.31. The maximum Gasteiger partial charge on any atom is 0.308 e. The van der Waals surface area contributed by atoms with Crippen molar-refractivity contribution >= 4 is 34.6 Å². The zero-order valence-corrected chi connectivity index (χ0v) is 12.8. The highest BCUT2D eigenvalue weighted by Gasteiger charge is 2.13. The minimum Gasteiger partial charge on any atom is -0.427 e. The van der Waals surface area contributed by atoms with Crippen LogP contribution >= 0.6 is 11.6 Å². The number of halogens is 1. The third-order valence-corrected chi connectivity index (χ3v) is 3.48. The van der Waals surface area contributed by atoms with Crippen LogP contribution in [0.4, 0.5) is 11.4 Å². The van der Waals surface area contributed by atoms with E-state index < -0.39 is 0 Å². The lowest BCUT2D eigenvalue weighted by Gasteiger charge is -2.21. The Labute approximate surface area is 133 Å². The minimum atomic E-state index is -0.335. The van der Waals surface area contributed by atoms with Crippen molar-refractivity contribution in [3.8, 4) is 5.75 Å². The molecule has 0 bridgehead atoms. The SMILES string of the molecule is CC(=O)Oc1cccc(NC2=CCNc3cc(Cl)ccc32)c1. The first-order valence-electron chi connectivity index (χ1n) is 6.91. The Hall–Kier alpha value is -2.46. The third-order valence-electron chi connectivity index (χ3n) is 3.25. The van der Waals surface area contributed by atoms with Crippen molar-refractivity contribution < 1.29 is 9.53 Å². The second kappa shape index (κ2) is 6.12. The molecule has 112 valence electrons. The number of esters is 1. The number of carbonyl (C=O) groups is 1. The van der Waals surface area contributed by atoms with Gasteiger partial charge < -0.3 is 15.4 Å². The predicted octanol–water partition coefficient (Wildman–Crippen LogP) is 4.14. The molecule has 2 aromatic rings. The maximum absolute atomic E-state index is 11.0. The zero-order valence-electron chi connectivity index (χ0n) is 12.0. The van der Waals surface area contributed by atoms with Crippen molar-refractivity contribution in [1.29, 1.82) is 0 Å². The van der Waals surface area contributed by atoms with E-state index >= 15 is 0 Å². The lowest BCUT2D eigenvalue weighted by Crippen LogP contribution is -2.12. The van der Waals surface area contributed by atoms with Crippen LogP contribution in [0.15, 0.2) is 48.5 Å². The minimum absolute atomic E-state index is 0.335. The van der Waals surface area contributed by atoms with E-state index in [0.717, 1.165) is 29.2 Å². The molecular formula is C17H15ClN2O2. The summed E-state index contributed by atoms with van der Waals surface area (Å²) in [6.45, 7) is 2.11. The Morgan fingerprint density at radius 3 is 2.95 bits per heavy atom. The summed E-state index contributed by atoms with van der Waals surface area (Å²) in [5, 5.41) is 7.34. The Bertz CT molecular complexity index is 756. The second-order valence-corrected chi connectivity index (χ2v) is 5.37. The van der Waals surface area contributed by atoms with Gasteiger partial charge >= 0.3 is 5.97 Å². The quantitative estimate of drug-likeness (QED) is 0.660. The summed E-state index contributed by atoms with van der Waals surface area (Å²) >= 11 is 6.03. The van der Waals surface area contributed by atoms with Crippen LogP contribution in [0, 0.1) is 0 Å². The van der Waals surface area contributed by atoms with Crippen LogP contribution in [0.2, 0.25) is 5.02 Å². The summed E-state index contributed by atoms with van der Waals surface area (Å²) < 4.78 is 5.10. The van der Waals surface area contributed by atoms with Crippen molar-refractivity contribution in [2.45, 2.75) is 6.92 Å². The summed E-state index contributed by atoms with van der Waals surface area (Å²) in [4.78, 5) is 11.0. The zero-order chi connectivity index (χ0) is 15.5. The summed E-state index contributed by atoms with van der Waals surface area (Å²) in [5.41, 5.74) is 3.89. The molecule has 0 fully saturated rings. The van der Waals surface area contributed by atoms with Crippen molar-refractivity contribution in [2.24, 2.45) is 0 Å². The number of benzene rings is 2. The van der Waals surface area contributed by atoms with E-state index in [4.69, 9.17) is 16.3 Å². The van der Waals surface area contributed by atoms with Crippen molar-refractivity contribution in [3.63, 3.8) is 0 Å². The molecule has 0 spiro atoms. The molecule has 1 heterocycles. The van der Waals surface area contributed by atoms with Gasteiger partial charge in [0.05, 0.1) is 0 Å². The molecule has 0 radical (unpaired) electrons. The summed E-state index contributed by atoms with van der Waals surface area (Å²) in [6.07, 6.45) is 2.06. The standard InChI is InChI=1S/C17H15ClN2O2/c1-11(21)22-14-4-2-3-13(10-14)20-16-7-8-19-17-9-12(18)5-6-15(16)17/h2-7,9-10,19-20H,8H2,1H3. The van der Waals surface area contributed by atoms with Gasteiger partial charge in [0, 0.05) is 47.2 Å². The number of carbonyl (C=O) groups excluding carboxylic acids is 1. The van der Waals surface area contributed by atoms with Crippen LogP contribution in [0.1, 0.15) is 12.5 Å². The van der Waals surface area contributed by atoms with E-state index in [2.05, 4.69) is 16.7 Å². The molecule has 0 aromatic heterocycles. The fraction of sp³-hybridized carbons (Fsp3) is 0.118. The molecule has 3 rings (SSSR count). The first-order valence-corrected chi connectivity index (χ1v) is 7.29. The van der Waals surface area contributed by atoms with Gasteiger partial charge in [0.1, 0.15) is 5.75 Å². The summed E-state index contributed by atoms with van der Waals surface area (Å²) in [5.74, 6) is 0.182. The number of anilines is 2. The number of nitrogens with one attached hydrogen (secondary N) is 2. The van der Waals surface area contributed by atoms with Gasteiger partial charge in [0.15, 0.2) is 0 Å². The van der Waals surface area contributed by atoms with Crippen molar-refractivity contribution in [2.75, 3.05) is 17.2 Å². The van der Waals surface area contributed by atoms with Crippen LogP contribution in [-0.2, 0) is 4.79 Å². The lowest BCUT2D eigenvalue weighted by atomic mass is 10.1. The highest BCUT2D eigenvalue weighted by atomic mass is 35.5. The van der Waals surface area contributed by atoms with Gasteiger partial charge in [-0.2, -0.15) is 0 Å². The molecule has 22 heavy (non-hydrogen) atoms. The van der Waals surface area contributed by atoms with Gasteiger partial charge in [-0.25, -0.2) is 0 Å². The van der Waals surface area contributed by atoms with Crippen molar-refractivity contribution in [3.05, 3.63) is 59.1 Å². The Morgan fingerprint density at radius 1 is 1.27 bits per heavy atom. The number of hydrogen-bond donors (Lipinski definition) is 2. The average Bonchev–Trinajstić information content (AvgIpc) is 2.47. The van der Waals surface area contributed by atoms with Gasteiger partial charge in [0.25, 0.3) is 0 Å². The number of ether oxygens (including phenoxy) is 1. The van der Waals surface area contributed by atoms with E-state index in [-0.39, 0.29) is 5.97 Å². The topological polar surface area (TPSA) is 50.4 Å². The molecule has 0 saturated carbocycles. The van der Waals surface area contributed by atoms with Crippen LogP contribution in [0.3, 0.4) is 0 Å². The molecule has 0 atom stereocenters. The molecule has 4 nitrogen and oxygen atoms in total. The molecule has 0 saturated heterocycles. The monoisotopic (exact) mass is 314 g/mol. The van der Waals surface area contributed by atoms with E-state index in [9.17, 15) is 4.79 Å². The third kappa shape index (κ3) is 3.23. The molecule has 2 aromatic carbocycles. The van der Waals surface area contributed by atoms with E-state index in [0.29, 0.717) is 10.8 Å². The first-order chi connectivity index (χ1) is 10.6. The van der Waals surface area contributed by atoms with Gasteiger partial charge in [-0.3, -0.25) is 4.79 Å². The Morgan fingerprint density at radius 2 is 2.14 bits per heavy atom. The van der Waals surface area contributed by atoms with Gasteiger partial charge in [-0.1, -0.05) is 17.7 Å². The molecule has 0 amide bonds. The van der Waals surface area contributed by atoms with E-state index in [1.807, 2.05) is 30.3 Å². The van der Waals surface area contributed by atoms with Gasteiger partial charge in [-0.05, 0) is 36.4 Å². The van der Waals surface area contributed by atoms with Crippen LogP contribution < -0.4 is 15.4 Å². The molecule has 1 aliphatic heterocycles. The predicted molar refractivity (Wildman–Crippen MR) is 89.3 cm³/mol. The van der Waals surface area contributed by atoms with Crippen LogP contribution in [0.5, 0.6) is 5.75 Å². The molecule has 2 N–H and O–H groups in total. The fourth-order valence-electron chi connectivity index (χ4n) is 2.35. The number of fused-ring (bicyclic) bond motifs is 1. The Kier molecular flexibility index (Phi) is 4.02. The smallest absolute Gasteiger partial charge is 0.308 e. The number of hydrogen-bond acceptors (Lipinski definition) is 4. The lowest BCUT2D eigenvalue weighted by molar-refractivity contribution is -0.131. The average molecular weight is 315 g/mol. The Balaban J connectivity index is 1.85. The van der Waals surface area contributed by atoms with Gasteiger partial charge in [0.2, 0.25) is 0 Å². The molecular weight excluding hydrogens is 300 g/mol. The normalized spacial score (nSPS) is 12.7. The van der Waals surface area contributed by atoms with Crippen molar-refractivity contribution in [1.82, 2.24) is 0 Å². The van der Waals surface area contributed by atoms with E-state index in [1.165, 1.54) is 6.92 Å².